The van der Waals surface area contributed by atoms with Crippen molar-refractivity contribution >= 4 is 11.4 Å². The van der Waals surface area contributed by atoms with E-state index < -0.39 is 0 Å². The van der Waals surface area contributed by atoms with Crippen LogP contribution in [0, 0.1) is 5.92 Å². The molecule has 3 heteroatoms. The highest BCUT2D eigenvalue weighted by molar-refractivity contribution is 5.51. The van der Waals surface area contributed by atoms with Crippen molar-refractivity contribution in [2.24, 2.45) is 5.92 Å². The highest BCUT2D eigenvalue weighted by Crippen LogP contribution is 2.35. The Morgan fingerprint density at radius 3 is 2.50 bits per heavy atom. The summed E-state index contributed by atoms with van der Waals surface area (Å²) in [5, 5.41) is 7.52. The lowest BCUT2D eigenvalue weighted by Gasteiger charge is -2.40. The second-order valence-electron chi connectivity index (χ2n) is 7.02. The summed E-state index contributed by atoms with van der Waals surface area (Å²) in [5.74, 6) is 0.519. The summed E-state index contributed by atoms with van der Waals surface area (Å²) in [6.45, 7) is 5.26. The minimum Gasteiger partial charge on any atom is -0.383 e. The van der Waals surface area contributed by atoms with Gasteiger partial charge in [0.05, 0.1) is 5.54 Å². The van der Waals surface area contributed by atoms with Crippen LogP contribution in [0.15, 0.2) is 72.8 Å². The fraction of sp³-hybridized carbons (Fsp3) is 0.333. The normalized spacial score (nSPS) is 28.6. The van der Waals surface area contributed by atoms with Crippen molar-refractivity contribution in [2.45, 2.75) is 18.5 Å². The Balaban J connectivity index is 1.56. The Kier molecular flexibility index (Phi) is 4.03. The Bertz CT molecular complexity index is 698. The molecule has 24 heavy (non-hydrogen) atoms. The average Bonchev–Trinajstić information content (AvgIpc) is 3.01. The van der Waals surface area contributed by atoms with Crippen molar-refractivity contribution in [3.63, 3.8) is 0 Å². The fourth-order valence-corrected chi connectivity index (χ4v) is 4.02. The fourth-order valence-electron chi connectivity index (χ4n) is 4.02. The number of rotatable bonds is 4. The highest BCUT2D eigenvalue weighted by Gasteiger charge is 2.47. The SMILES string of the molecule is C[C@@H]1C=C[C@@H]2CN(c3ccccc3)C[C@@]2(CNc2ccccc2)N1. The third kappa shape index (κ3) is 2.92. The van der Waals surface area contributed by atoms with E-state index in [4.69, 9.17) is 0 Å². The zero-order chi connectivity index (χ0) is 16.4. The second-order valence-corrected chi connectivity index (χ2v) is 7.02. The molecule has 2 aliphatic heterocycles. The molecule has 2 aliphatic rings. The molecule has 2 heterocycles. The molecule has 0 radical (unpaired) electrons. The summed E-state index contributed by atoms with van der Waals surface area (Å²) in [5.41, 5.74) is 2.57. The number of fused-ring (bicyclic) bond motifs is 1. The molecule has 0 amide bonds. The summed E-state index contributed by atoms with van der Waals surface area (Å²) in [6, 6.07) is 21.7. The maximum atomic E-state index is 3.87. The predicted octanol–water partition coefficient (Wildman–Crippen LogP) is 3.52. The van der Waals surface area contributed by atoms with E-state index in [1.807, 2.05) is 0 Å². The van der Waals surface area contributed by atoms with Gasteiger partial charge in [-0.2, -0.15) is 0 Å². The van der Waals surface area contributed by atoms with Gasteiger partial charge in [-0.15, -0.1) is 0 Å². The average molecular weight is 319 g/mol. The van der Waals surface area contributed by atoms with Crippen LogP contribution in [0.1, 0.15) is 6.92 Å². The first-order chi connectivity index (χ1) is 11.8. The first-order valence-corrected chi connectivity index (χ1v) is 8.80. The largest absolute Gasteiger partial charge is 0.383 e. The third-order valence-corrected chi connectivity index (χ3v) is 5.25. The maximum Gasteiger partial charge on any atom is 0.0617 e. The van der Waals surface area contributed by atoms with E-state index in [0.717, 1.165) is 19.6 Å². The Morgan fingerprint density at radius 2 is 1.75 bits per heavy atom. The molecule has 1 saturated heterocycles. The predicted molar refractivity (Wildman–Crippen MR) is 102 cm³/mol. The number of para-hydroxylation sites is 2. The van der Waals surface area contributed by atoms with Gasteiger partial charge in [0.25, 0.3) is 0 Å². The molecule has 3 nitrogen and oxygen atoms in total. The quantitative estimate of drug-likeness (QED) is 0.844. The number of nitrogens with one attached hydrogen (secondary N) is 2. The number of nitrogens with zero attached hydrogens (tertiary/aromatic N) is 1. The lowest BCUT2D eigenvalue weighted by atomic mass is 9.82. The standard InChI is InChI=1S/C21H25N3/c1-17-12-13-18-14-24(20-10-6-3-7-11-20)16-21(18,23-17)15-22-19-8-4-2-5-9-19/h2-13,17-18,22-23H,14-16H2,1H3/t17-,18-,21-/m1/s1. The minimum atomic E-state index is 0.0693. The van der Waals surface area contributed by atoms with E-state index in [1.54, 1.807) is 0 Å². The third-order valence-electron chi connectivity index (χ3n) is 5.25. The molecule has 0 spiro atoms. The highest BCUT2D eigenvalue weighted by atomic mass is 15.2. The summed E-state index contributed by atoms with van der Waals surface area (Å²) in [7, 11) is 0. The van der Waals surface area contributed by atoms with Gasteiger partial charge in [-0.1, -0.05) is 48.6 Å². The van der Waals surface area contributed by atoms with Crippen LogP contribution in [0.3, 0.4) is 0 Å². The van der Waals surface area contributed by atoms with Crippen LogP contribution in [0.2, 0.25) is 0 Å². The van der Waals surface area contributed by atoms with E-state index in [1.165, 1.54) is 11.4 Å². The molecule has 0 aromatic heterocycles. The van der Waals surface area contributed by atoms with E-state index in [9.17, 15) is 0 Å². The smallest absolute Gasteiger partial charge is 0.0617 e. The number of benzene rings is 2. The van der Waals surface area contributed by atoms with E-state index >= 15 is 0 Å². The van der Waals surface area contributed by atoms with Crippen LogP contribution in [-0.2, 0) is 0 Å². The van der Waals surface area contributed by atoms with Crippen LogP contribution in [0.4, 0.5) is 11.4 Å². The molecule has 0 aliphatic carbocycles. The number of hydrogen-bond donors (Lipinski definition) is 2. The first kappa shape index (κ1) is 15.3. The Morgan fingerprint density at radius 1 is 1.04 bits per heavy atom. The van der Waals surface area contributed by atoms with Crippen LogP contribution < -0.4 is 15.5 Å². The van der Waals surface area contributed by atoms with Gasteiger partial charge >= 0.3 is 0 Å². The summed E-state index contributed by atoms with van der Waals surface area (Å²) >= 11 is 0. The van der Waals surface area contributed by atoms with Gasteiger partial charge in [0.1, 0.15) is 0 Å². The van der Waals surface area contributed by atoms with Crippen LogP contribution in [0.25, 0.3) is 0 Å². The molecule has 4 rings (SSSR count). The molecule has 2 N–H and O–H groups in total. The van der Waals surface area contributed by atoms with Gasteiger partial charge in [0.2, 0.25) is 0 Å². The Hall–Kier alpha value is -2.26. The van der Waals surface area contributed by atoms with E-state index in [-0.39, 0.29) is 5.54 Å². The zero-order valence-corrected chi connectivity index (χ0v) is 14.2. The lowest BCUT2D eigenvalue weighted by molar-refractivity contribution is 0.291. The molecule has 3 atom stereocenters. The van der Waals surface area contributed by atoms with Gasteiger partial charge in [-0.25, -0.2) is 0 Å². The van der Waals surface area contributed by atoms with Crippen molar-refractivity contribution in [1.82, 2.24) is 5.32 Å². The van der Waals surface area contributed by atoms with Crippen molar-refractivity contribution in [2.75, 3.05) is 29.9 Å². The van der Waals surface area contributed by atoms with Gasteiger partial charge in [-0.05, 0) is 31.2 Å². The minimum absolute atomic E-state index is 0.0693. The molecule has 124 valence electrons. The number of hydrogen-bond acceptors (Lipinski definition) is 3. The lowest BCUT2D eigenvalue weighted by Crippen LogP contribution is -2.60. The van der Waals surface area contributed by atoms with Gasteiger partial charge in [0, 0.05) is 43.0 Å². The van der Waals surface area contributed by atoms with E-state index in [2.05, 4.69) is 95.3 Å². The molecular formula is C21H25N3. The molecule has 0 saturated carbocycles. The monoisotopic (exact) mass is 319 g/mol. The topological polar surface area (TPSA) is 27.3 Å². The molecule has 0 bridgehead atoms. The molecular weight excluding hydrogens is 294 g/mol. The first-order valence-electron chi connectivity index (χ1n) is 8.80. The summed E-state index contributed by atoms with van der Waals surface area (Å²) in [6.07, 6.45) is 4.72. The summed E-state index contributed by atoms with van der Waals surface area (Å²) in [4.78, 5) is 2.51. The van der Waals surface area contributed by atoms with E-state index in [0.29, 0.717) is 12.0 Å². The summed E-state index contributed by atoms with van der Waals surface area (Å²) < 4.78 is 0. The zero-order valence-electron chi connectivity index (χ0n) is 14.2. The maximum absolute atomic E-state index is 3.87. The van der Waals surface area contributed by atoms with Gasteiger partial charge < -0.3 is 15.5 Å². The van der Waals surface area contributed by atoms with Crippen molar-refractivity contribution < 1.29 is 0 Å². The second kappa shape index (κ2) is 6.33. The van der Waals surface area contributed by atoms with Gasteiger partial charge in [0.15, 0.2) is 0 Å². The van der Waals surface area contributed by atoms with Crippen molar-refractivity contribution in [1.29, 1.82) is 0 Å². The molecule has 1 fully saturated rings. The van der Waals surface area contributed by atoms with Crippen LogP contribution in [-0.4, -0.2) is 31.2 Å². The van der Waals surface area contributed by atoms with Crippen LogP contribution >= 0.6 is 0 Å². The van der Waals surface area contributed by atoms with Crippen molar-refractivity contribution in [3.8, 4) is 0 Å². The number of anilines is 2. The van der Waals surface area contributed by atoms with Gasteiger partial charge in [-0.3, -0.25) is 0 Å². The van der Waals surface area contributed by atoms with Crippen molar-refractivity contribution in [3.05, 3.63) is 72.8 Å². The molecule has 0 unspecified atom stereocenters. The Labute approximate surface area is 144 Å². The molecule has 2 aromatic carbocycles. The molecule has 2 aromatic rings. The van der Waals surface area contributed by atoms with Crippen LogP contribution in [0.5, 0.6) is 0 Å².